The third kappa shape index (κ3) is 3.34. The van der Waals surface area contributed by atoms with Gasteiger partial charge in [0.05, 0.1) is 4.92 Å². The van der Waals surface area contributed by atoms with E-state index in [0.717, 1.165) is 5.56 Å². The molecular formula is C15H17ClN4O3. The van der Waals surface area contributed by atoms with Crippen LogP contribution in [0.2, 0.25) is 5.02 Å². The molecule has 0 radical (unpaired) electrons. The Morgan fingerprint density at radius 2 is 2.04 bits per heavy atom. The first-order valence-corrected chi connectivity index (χ1v) is 7.37. The molecular weight excluding hydrogens is 320 g/mol. The maximum absolute atomic E-state index is 12.4. The summed E-state index contributed by atoms with van der Waals surface area (Å²) in [4.78, 5) is 23.0. The predicted octanol–water partition coefficient (Wildman–Crippen LogP) is 3.57. The largest absolute Gasteiger partial charge is 0.324 e. The molecule has 2 rings (SSSR count). The van der Waals surface area contributed by atoms with Crippen molar-refractivity contribution in [1.29, 1.82) is 0 Å². The lowest BCUT2D eigenvalue weighted by Gasteiger charge is -2.15. The number of benzene rings is 1. The van der Waals surface area contributed by atoms with Crippen molar-refractivity contribution >= 4 is 28.9 Å². The van der Waals surface area contributed by atoms with Crippen molar-refractivity contribution in [3.8, 4) is 0 Å². The molecule has 2 aromatic rings. The van der Waals surface area contributed by atoms with Crippen molar-refractivity contribution in [2.24, 2.45) is 0 Å². The van der Waals surface area contributed by atoms with Crippen molar-refractivity contribution in [2.45, 2.75) is 33.7 Å². The van der Waals surface area contributed by atoms with Gasteiger partial charge in [0.2, 0.25) is 5.91 Å². The van der Waals surface area contributed by atoms with Gasteiger partial charge in [-0.3, -0.25) is 19.6 Å². The number of rotatable bonds is 4. The van der Waals surface area contributed by atoms with Gasteiger partial charge in [0.1, 0.15) is 17.4 Å². The summed E-state index contributed by atoms with van der Waals surface area (Å²) < 4.78 is 1.36. The van der Waals surface area contributed by atoms with Gasteiger partial charge < -0.3 is 5.32 Å². The number of nitrogens with zero attached hydrogens (tertiary/aromatic N) is 3. The monoisotopic (exact) mass is 336 g/mol. The fraction of sp³-hybridized carbons (Fsp3) is 0.333. The normalized spacial score (nSPS) is 12.0. The minimum absolute atomic E-state index is 0.0661. The number of halogens is 1. The minimum Gasteiger partial charge on any atom is -0.324 e. The second-order valence-corrected chi connectivity index (χ2v) is 5.78. The van der Waals surface area contributed by atoms with Gasteiger partial charge >= 0.3 is 5.69 Å². The minimum atomic E-state index is -0.694. The first kappa shape index (κ1) is 17.0. The van der Waals surface area contributed by atoms with Crippen LogP contribution in [0.4, 0.5) is 11.4 Å². The van der Waals surface area contributed by atoms with Crippen LogP contribution >= 0.6 is 11.6 Å². The first-order chi connectivity index (χ1) is 10.7. The van der Waals surface area contributed by atoms with Crippen LogP contribution in [0, 0.1) is 30.9 Å². The Bertz CT molecular complexity index is 785. The highest BCUT2D eigenvalue weighted by Crippen LogP contribution is 2.26. The standard InChI is InChI=1S/C15H17ClN4O3/c1-8-5-6-12(16)7-13(8)17-15(21)11(4)19-10(3)14(20(22)23)9(2)18-19/h5-7,11H,1-4H3,(H,17,21)/t11-/m1/s1. The van der Waals surface area contributed by atoms with Crippen LogP contribution in [0.5, 0.6) is 0 Å². The van der Waals surface area contributed by atoms with E-state index in [4.69, 9.17) is 11.6 Å². The quantitative estimate of drug-likeness (QED) is 0.682. The number of amides is 1. The van der Waals surface area contributed by atoms with E-state index >= 15 is 0 Å². The number of carbonyl (C=O) groups excluding carboxylic acids is 1. The van der Waals surface area contributed by atoms with Crippen LogP contribution in [-0.4, -0.2) is 20.6 Å². The van der Waals surface area contributed by atoms with Crippen LogP contribution in [-0.2, 0) is 4.79 Å². The summed E-state index contributed by atoms with van der Waals surface area (Å²) in [6, 6.07) is 4.50. The molecule has 8 heteroatoms. The molecule has 0 fully saturated rings. The summed E-state index contributed by atoms with van der Waals surface area (Å²) in [6.45, 7) is 6.61. The van der Waals surface area contributed by atoms with Crippen LogP contribution in [0.3, 0.4) is 0 Å². The number of nitro groups is 1. The molecule has 1 aromatic carbocycles. The Morgan fingerprint density at radius 1 is 1.39 bits per heavy atom. The molecule has 0 unspecified atom stereocenters. The highest BCUT2D eigenvalue weighted by Gasteiger charge is 2.27. The summed E-state index contributed by atoms with van der Waals surface area (Å²) >= 11 is 5.94. The fourth-order valence-corrected chi connectivity index (χ4v) is 2.54. The number of carbonyl (C=O) groups is 1. The van der Waals surface area contributed by atoms with Crippen LogP contribution in [0.1, 0.15) is 29.9 Å². The van der Waals surface area contributed by atoms with E-state index in [-0.39, 0.29) is 17.3 Å². The molecule has 0 aliphatic carbocycles. The van der Waals surface area contributed by atoms with E-state index in [1.807, 2.05) is 6.92 Å². The van der Waals surface area contributed by atoms with Crippen LogP contribution in [0.25, 0.3) is 0 Å². The van der Waals surface area contributed by atoms with Gasteiger partial charge in [0.25, 0.3) is 0 Å². The van der Waals surface area contributed by atoms with E-state index in [1.165, 1.54) is 4.68 Å². The average Bonchev–Trinajstić information content (AvgIpc) is 2.77. The molecule has 1 N–H and O–H groups in total. The van der Waals surface area contributed by atoms with Crippen molar-refractivity contribution in [1.82, 2.24) is 9.78 Å². The van der Waals surface area contributed by atoms with Gasteiger partial charge in [0.15, 0.2) is 0 Å². The van der Waals surface area contributed by atoms with E-state index in [0.29, 0.717) is 16.4 Å². The van der Waals surface area contributed by atoms with Gasteiger partial charge in [0, 0.05) is 10.7 Å². The second-order valence-electron chi connectivity index (χ2n) is 5.35. The van der Waals surface area contributed by atoms with Crippen molar-refractivity contribution in [3.63, 3.8) is 0 Å². The molecule has 1 aromatic heterocycles. The average molecular weight is 337 g/mol. The molecule has 1 heterocycles. The number of aryl methyl sites for hydroxylation is 2. The summed E-state index contributed by atoms with van der Waals surface area (Å²) in [5.41, 5.74) is 2.03. The molecule has 0 bridgehead atoms. The number of nitrogens with one attached hydrogen (secondary N) is 1. The molecule has 0 aliphatic rings. The summed E-state index contributed by atoms with van der Waals surface area (Å²) in [7, 11) is 0. The molecule has 23 heavy (non-hydrogen) atoms. The van der Waals surface area contributed by atoms with Gasteiger partial charge in [-0.05, 0) is 45.4 Å². The summed E-state index contributed by atoms with van der Waals surface area (Å²) in [5.74, 6) is -0.323. The van der Waals surface area contributed by atoms with E-state index < -0.39 is 11.0 Å². The first-order valence-electron chi connectivity index (χ1n) is 6.99. The van der Waals surface area contributed by atoms with Gasteiger partial charge in [-0.2, -0.15) is 5.10 Å². The Labute approximate surface area is 138 Å². The predicted molar refractivity (Wildman–Crippen MR) is 87.9 cm³/mol. The smallest absolute Gasteiger partial charge is 0.312 e. The zero-order valence-electron chi connectivity index (χ0n) is 13.3. The highest BCUT2D eigenvalue weighted by molar-refractivity contribution is 6.31. The molecule has 0 saturated carbocycles. The third-order valence-electron chi connectivity index (χ3n) is 3.67. The lowest BCUT2D eigenvalue weighted by atomic mass is 10.2. The highest BCUT2D eigenvalue weighted by atomic mass is 35.5. The molecule has 0 saturated heterocycles. The van der Waals surface area contributed by atoms with Gasteiger partial charge in [-0.1, -0.05) is 17.7 Å². The van der Waals surface area contributed by atoms with Crippen LogP contribution < -0.4 is 5.32 Å². The Balaban J connectivity index is 2.28. The second kappa shape index (κ2) is 6.37. The molecule has 0 aliphatic heterocycles. The van der Waals surface area contributed by atoms with Crippen LogP contribution in [0.15, 0.2) is 18.2 Å². The van der Waals surface area contributed by atoms with Crippen molar-refractivity contribution in [3.05, 3.63) is 50.3 Å². The Morgan fingerprint density at radius 3 is 2.61 bits per heavy atom. The summed E-state index contributed by atoms with van der Waals surface area (Å²) in [5, 5.41) is 18.5. The molecule has 122 valence electrons. The molecule has 7 nitrogen and oxygen atoms in total. The number of anilines is 1. The summed E-state index contributed by atoms with van der Waals surface area (Å²) in [6.07, 6.45) is 0. The Hall–Kier alpha value is -2.41. The van der Waals surface area contributed by atoms with Crippen molar-refractivity contribution < 1.29 is 9.72 Å². The zero-order chi connectivity index (χ0) is 17.3. The molecule has 0 spiro atoms. The van der Waals surface area contributed by atoms with E-state index in [9.17, 15) is 14.9 Å². The van der Waals surface area contributed by atoms with Crippen molar-refractivity contribution in [2.75, 3.05) is 5.32 Å². The topological polar surface area (TPSA) is 90.1 Å². The maximum atomic E-state index is 12.4. The fourth-order valence-electron chi connectivity index (χ4n) is 2.37. The third-order valence-corrected chi connectivity index (χ3v) is 3.91. The zero-order valence-corrected chi connectivity index (χ0v) is 14.0. The number of hydrogen-bond acceptors (Lipinski definition) is 4. The maximum Gasteiger partial charge on any atom is 0.312 e. The number of hydrogen-bond donors (Lipinski definition) is 1. The number of aromatic nitrogens is 2. The van der Waals surface area contributed by atoms with Gasteiger partial charge in [-0.15, -0.1) is 0 Å². The lowest BCUT2D eigenvalue weighted by molar-refractivity contribution is -0.386. The molecule has 1 amide bonds. The SMILES string of the molecule is Cc1ccc(Cl)cc1NC(=O)[C@@H](C)n1nc(C)c([N+](=O)[O-])c1C. The van der Waals surface area contributed by atoms with E-state index in [1.54, 1.807) is 39.0 Å². The van der Waals surface area contributed by atoms with Gasteiger partial charge in [-0.25, -0.2) is 0 Å². The molecule has 1 atom stereocenters. The van der Waals surface area contributed by atoms with E-state index in [2.05, 4.69) is 10.4 Å². The lowest BCUT2D eigenvalue weighted by Crippen LogP contribution is -2.25. The Kier molecular flexibility index (Phi) is 4.70.